The molecular formula is C12H20NO+. The molecule has 2 nitrogen and oxygen atoms in total. The Labute approximate surface area is 86.0 Å². The van der Waals surface area contributed by atoms with Gasteiger partial charge in [0.05, 0.1) is 6.04 Å². The van der Waals surface area contributed by atoms with Gasteiger partial charge in [0.2, 0.25) is 0 Å². The van der Waals surface area contributed by atoms with E-state index in [1.807, 2.05) is 37.3 Å². The van der Waals surface area contributed by atoms with Crippen LogP contribution < -0.4 is 5.32 Å². The van der Waals surface area contributed by atoms with Gasteiger partial charge in [0.25, 0.3) is 0 Å². The van der Waals surface area contributed by atoms with Crippen LogP contribution in [-0.2, 0) is 5.60 Å². The van der Waals surface area contributed by atoms with Gasteiger partial charge in [-0.15, -0.1) is 0 Å². The molecule has 0 spiro atoms. The van der Waals surface area contributed by atoms with Crippen LogP contribution in [0.5, 0.6) is 0 Å². The zero-order chi connectivity index (χ0) is 10.6. The minimum Gasteiger partial charge on any atom is -0.380 e. The minimum atomic E-state index is -0.731. The number of rotatable bonds is 4. The Morgan fingerprint density at radius 1 is 1.29 bits per heavy atom. The van der Waals surface area contributed by atoms with Crippen molar-refractivity contribution in [3.05, 3.63) is 35.9 Å². The summed E-state index contributed by atoms with van der Waals surface area (Å²) in [5.74, 6) is 0. The number of nitrogens with two attached hydrogens (primary N) is 1. The third kappa shape index (κ3) is 3.13. The summed E-state index contributed by atoms with van der Waals surface area (Å²) in [6.07, 6.45) is 0. The lowest BCUT2D eigenvalue weighted by molar-refractivity contribution is -0.695. The monoisotopic (exact) mass is 194 g/mol. The summed E-state index contributed by atoms with van der Waals surface area (Å²) in [5, 5.41) is 12.3. The predicted molar refractivity (Wildman–Crippen MR) is 57.9 cm³/mol. The number of hydrogen-bond donors (Lipinski definition) is 2. The maximum absolute atomic E-state index is 10.2. The van der Waals surface area contributed by atoms with E-state index in [9.17, 15) is 5.11 Å². The van der Waals surface area contributed by atoms with Crippen LogP contribution in [0.4, 0.5) is 0 Å². The van der Waals surface area contributed by atoms with Crippen LogP contribution in [0.2, 0.25) is 0 Å². The van der Waals surface area contributed by atoms with E-state index >= 15 is 0 Å². The molecule has 0 aliphatic heterocycles. The van der Waals surface area contributed by atoms with Gasteiger partial charge in [0, 0.05) is 0 Å². The molecule has 0 radical (unpaired) electrons. The first-order valence-electron chi connectivity index (χ1n) is 5.13. The lowest BCUT2D eigenvalue weighted by Gasteiger charge is -2.22. The van der Waals surface area contributed by atoms with E-state index in [2.05, 4.69) is 19.2 Å². The van der Waals surface area contributed by atoms with E-state index < -0.39 is 5.60 Å². The molecule has 2 heteroatoms. The van der Waals surface area contributed by atoms with Gasteiger partial charge in [-0.05, 0) is 26.3 Å². The quantitative estimate of drug-likeness (QED) is 0.733. The van der Waals surface area contributed by atoms with E-state index in [1.165, 1.54) is 0 Å². The Balaban J connectivity index is 2.66. The Morgan fingerprint density at radius 2 is 1.86 bits per heavy atom. The maximum Gasteiger partial charge on any atom is 0.135 e. The second kappa shape index (κ2) is 4.58. The number of aliphatic hydroxyl groups is 1. The summed E-state index contributed by atoms with van der Waals surface area (Å²) in [6, 6.07) is 10.3. The fraction of sp³-hybridized carbons (Fsp3) is 0.500. The van der Waals surface area contributed by atoms with Crippen LogP contribution in [-0.4, -0.2) is 17.7 Å². The summed E-state index contributed by atoms with van der Waals surface area (Å²) < 4.78 is 0. The van der Waals surface area contributed by atoms with E-state index in [4.69, 9.17) is 0 Å². The zero-order valence-electron chi connectivity index (χ0n) is 9.20. The standard InChI is InChI=1S/C12H19NO/c1-10(2)13-9-12(3,14)11-7-5-4-6-8-11/h4-8,10,13-14H,9H2,1-3H3/p+1/t12-/m1/s1. The van der Waals surface area contributed by atoms with Crippen molar-refractivity contribution >= 4 is 0 Å². The lowest BCUT2D eigenvalue weighted by atomic mass is 9.96. The molecule has 0 aliphatic rings. The number of hydrogen-bond acceptors (Lipinski definition) is 1. The van der Waals surface area contributed by atoms with Crippen molar-refractivity contribution in [2.45, 2.75) is 32.4 Å². The molecule has 0 amide bonds. The van der Waals surface area contributed by atoms with Crippen LogP contribution in [0.1, 0.15) is 26.3 Å². The SMILES string of the molecule is CC(C)[NH2+]C[C@@](C)(O)c1ccccc1. The molecule has 0 heterocycles. The second-order valence-corrected chi connectivity index (χ2v) is 4.32. The van der Waals surface area contributed by atoms with Crippen molar-refractivity contribution < 1.29 is 10.4 Å². The van der Waals surface area contributed by atoms with Crippen molar-refractivity contribution in [2.24, 2.45) is 0 Å². The molecule has 1 aromatic rings. The molecule has 0 saturated carbocycles. The Bertz CT molecular complexity index is 267. The fourth-order valence-electron chi connectivity index (χ4n) is 1.38. The molecular weight excluding hydrogens is 174 g/mol. The summed E-state index contributed by atoms with van der Waals surface area (Å²) in [4.78, 5) is 0. The third-order valence-electron chi connectivity index (χ3n) is 2.38. The van der Waals surface area contributed by atoms with E-state index in [1.54, 1.807) is 0 Å². The molecule has 0 unspecified atom stereocenters. The first kappa shape index (κ1) is 11.2. The highest BCUT2D eigenvalue weighted by atomic mass is 16.3. The highest BCUT2D eigenvalue weighted by Gasteiger charge is 2.25. The molecule has 0 aromatic heterocycles. The Kier molecular flexibility index (Phi) is 3.67. The molecule has 3 N–H and O–H groups in total. The topological polar surface area (TPSA) is 36.8 Å². The first-order chi connectivity index (χ1) is 6.52. The van der Waals surface area contributed by atoms with E-state index in [0.717, 1.165) is 5.56 Å². The Morgan fingerprint density at radius 3 is 2.36 bits per heavy atom. The molecule has 0 bridgehead atoms. The average Bonchev–Trinajstić information content (AvgIpc) is 2.16. The summed E-state index contributed by atoms with van der Waals surface area (Å²) in [5.41, 5.74) is 0.253. The van der Waals surface area contributed by atoms with Crippen LogP contribution in [0.25, 0.3) is 0 Å². The van der Waals surface area contributed by atoms with Gasteiger partial charge in [0.1, 0.15) is 12.1 Å². The molecule has 0 aliphatic carbocycles. The smallest absolute Gasteiger partial charge is 0.135 e. The molecule has 78 valence electrons. The average molecular weight is 194 g/mol. The van der Waals surface area contributed by atoms with Crippen LogP contribution in [0.15, 0.2) is 30.3 Å². The van der Waals surface area contributed by atoms with Gasteiger partial charge in [-0.25, -0.2) is 0 Å². The van der Waals surface area contributed by atoms with Gasteiger partial charge in [-0.1, -0.05) is 30.3 Å². The van der Waals surface area contributed by atoms with Crippen molar-refractivity contribution in [1.82, 2.24) is 0 Å². The van der Waals surface area contributed by atoms with Gasteiger partial charge in [0.15, 0.2) is 0 Å². The molecule has 1 aromatic carbocycles. The first-order valence-corrected chi connectivity index (χ1v) is 5.13. The summed E-state index contributed by atoms with van der Waals surface area (Å²) >= 11 is 0. The highest BCUT2D eigenvalue weighted by molar-refractivity contribution is 5.21. The summed E-state index contributed by atoms with van der Waals surface area (Å²) in [6.45, 7) is 6.82. The largest absolute Gasteiger partial charge is 0.380 e. The molecule has 1 rings (SSSR count). The lowest BCUT2D eigenvalue weighted by Crippen LogP contribution is -2.91. The van der Waals surface area contributed by atoms with E-state index in [-0.39, 0.29) is 0 Å². The van der Waals surface area contributed by atoms with Crippen LogP contribution >= 0.6 is 0 Å². The van der Waals surface area contributed by atoms with Crippen molar-refractivity contribution in [1.29, 1.82) is 0 Å². The zero-order valence-corrected chi connectivity index (χ0v) is 9.20. The predicted octanol–water partition coefficient (Wildman–Crippen LogP) is 0.866. The fourth-order valence-corrected chi connectivity index (χ4v) is 1.38. The van der Waals surface area contributed by atoms with Crippen LogP contribution in [0, 0.1) is 0 Å². The van der Waals surface area contributed by atoms with Crippen molar-refractivity contribution in [3.8, 4) is 0 Å². The van der Waals surface area contributed by atoms with Gasteiger partial charge < -0.3 is 10.4 Å². The third-order valence-corrected chi connectivity index (χ3v) is 2.38. The van der Waals surface area contributed by atoms with Crippen LogP contribution in [0.3, 0.4) is 0 Å². The molecule has 1 atom stereocenters. The Hall–Kier alpha value is -0.860. The van der Waals surface area contributed by atoms with Gasteiger partial charge in [-0.2, -0.15) is 0 Å². The number of quaternary nitrogens is 1. The molecule has 0 saturated heterocycles. The second-order valence-electron chi connectivity index (χ2n) is 4.32. The maximum atomic E-state index is 10.2. The normalized spacial score (nSPS) is 15.5. The van der Waals surface area contributed by atoms with Gasteiger partial charge >= 0.3 is 0 Å². The van der Waals surface area contributed by atoms with E-state index in [0.29, 0.717) is 12.6 Å². The summed E-state index contributed by atoms with van der Waals surface area (Å²) in [7, 11) is 0. The van der Waals surface area contributed by atoms with Gasteiger partial charge in [-0.3, -0.25) is 0 Å². The van der Waals surface area contributed by atoms with Crippen molar-refractivity contribution in [3.63, 3.8) is 0 Å². The molecule has 0 fully saturated rings. The highest BCUT2D eigenvalue weighted by Crippen LogP contribution is 2.17. The minimum absolute atomic E-state index is 0.519. The van der Waals surface area contributed by atoms with Crippen molar-refractivity contribution in [2.75, 3.05) is 6.54 Å². The molecule has 14 heavy (non-hydrogen) atoms. The number of benzene rings is 1.